The summed E-state index contributed by atoms with van der Waals surface area (Å²) in [5.74, 6) is 0. The average molecular weight is 186 g/mol. The molecule has 0 aromatic carbocycles. The molecule has 0 aromatic heterocycles. The van der Waals surface area contributed by atoms with Gasteiger partial charge in [0.05, 0.1) is 0 Å². The summed E-state index contributed by atoms with van der Waals surface area (Å²) in [4.78, 5) is 0. The second-order valence-corrected chi connectivity index (χ2v) is 3.44. The van der Waals surface area contributed by atoms with Crippen LogP contribution in [0.25, 0.3) is 0 Å². The highest BCUT2D eigenvalue weighted by Crippen LogP contribution is 2.20. The molecular formula is C14H18. The van der Waals surface area contributed by atoms with Crippen LogP contribution in [0.3, 0.4) is 0 Å². The Hall–Kier alpha value is -1.30. The third kappa shape index (κ3) is 2.88. The molecule has 0 aromatic rings. The van der Waals surface area contributed by atoms with Gasteiger partial charge >= 0.3 is 0 Å². The van der Waals surface area contributed by atoms with Gasteiger partial charge in [0.15, 0.2) is 0 Å². The van der Waals surface area contributed by atoms with E-state index in [2.05, 4.69) is 63.3 Å². The minimum atomic E-state index is 1.03. The predicted molar refractivity (Wildman–Crippen MR) is 64.2 cm³/mol. The van der Waals surface area contributed by atoms with Crippen molar-refractivity contribution in [3.63, 3.8) is 0 Å². The second-order valence-electron chi connectivity index (χ2n) is 3.44. The van der Waals surface area contributed by atoms with Crippen LogP contribution in [0.2, 0.25) is 0 Å². The van der Waals surface area contributed by atoms with Crippen LogP contribution in [0.4, 0.5) is 0 Å². The first kappa shape index (κ1) is 10.8. The second kappa shape index (κ2) is 5.43. The maximum absolute atomic E-state index is 2.27. The highest BCUT2D eigenvalue weighted by atomic mass is 14.1. The summed E-state index contributed by atoms with van der Waals surface area (Å²) >= 11 is 0. The van der Waals surface area contributed by atoms with Gasteiger partial charge in [-0.1, -0.05) is 48.1 Å². The zero-order chi connectivity index (χ0) is 10.4. The van der Waals surface area contributed by atoms with Crippen LogP contribution in [0, 0.1) is 0 Å². The summed E-state index contributed by atoms with van der Waals surface area (Å²) in [7, 11) is 0. The molecule has 74 valence electrons. The van der Waals surface area contributed by atoms with Gasteiger partial charge in [-0.05, 0) is 38.3 Å². The van der Waals surface area contributed by atoms with Crippen molar-refractivity contribution in [3.05, 3.63) is 59.3 Å². The lowest BCUT2D eigenvalue weighted by atomic mass is 10.0. The van der Waals surface area contributed by atoms with E-state index in [1.54, 1.807) is 0 Å². The van der Waals surface area contributed by atoms with Gasteiger partial charge < -0.3 is 0 Å². The zero-order valence-corrected chi connectivity index (χ0v) is 9.25. The van der Waals surface area contributed by atoms with Crippen LogP contribution in [-0.4, -0.2) is 0 Å². The molecule has 0 amide bonds. The molecule has 1 aliphatic rings. The smallest absolute Gasteiger partial charge is 0.0154 e. The molecule has 1 aliphatic carbocycles. The molecule has 0 unspecified atom stereocenters. The van der Waals surface area contributed by atoms with Crippen molar-refractivity contribution in [2.45, 2.75) is 27.2 Å². The number of hydrogen-bond acceptors (Lipinski definition) is 0. The van der Waals surface area contributed by atoms with Crippen molar-refractivity contribution in [2.75, 3.05) is 0 Å². The summed E-state index contributed by atoms with van der Waals surface area (Å²) in [5, 5.41) is 0. The van der Waals surface area contributed by atoms with Crippen molar-refractivity contribution in [3.8, 4) is 0 Å². The van der Waals surface area contributed by atoms with Gasteiger partial charge in [0.2, 0.25) is 0 Å². The Kier molecular flexibility index (Phi) is 4.18. The van der Waals surface area contributed by atoms with Gasteiger partial charge in [-0.2, -0.15) is 0 Å². The molecule has 0 saturated heterocycles. The van der Waals surface area contributed by atoms with Crippen molar-refractivity contribution >= 4 is 0 Å². The van der Waals surface area contributed by atoms with E-state index in [-0.39, 0.29) is 0 Å². The molecule has 0 bridgehead atoms. The third-order valence-electron chi connectivity index (χ3n) is 2.19. The summed E-state index contributed by atoms with van der Waals surface area (Å²) in [6, 6.07) is 0. The minimum Gasteiger partial charge on any atom is -0.0871 e. The van der Waals surface area contributed by atoms with Crippen molar-refractivity contribution in [2.24, 2.45) is 0 Å². The number of hydrogen-bond donors (Lipinski definition) is 0. The lowest BCUT2D eigenvalue weighted by molar-refractivity contribution is 1.34. The van der Waals surface area contributed by atoms with E-state index in [1.165, 1.54) is 16.7 Å². The Morgan fingerprint density at radius 3 is 2.29 bits per heavy atom. The summed E-state index contributed by atoms with van der Waals surface area (Å²) in [6.07, 6.45) is 16.3. The topological polar surface area (TPSA) is 0 Å². The molecule has 1 rings (SSSR count). The van der Waals surface area contributed by atoms with Crippen LogP contribution in [0.5, 0.6) is 0 Å². The van der Waals surface area contributed by atoms with E-state index in [0.29, 0.717) is 0 Å². The summed E-state index contributed by atoms with van der Waals surface area (Å²) < 4.78 is 0. The summed E-state index contributed by atoms with van der Waals surface area (Å²) in [6.45, 7) is 6.26. The van der Waals surface area contributed by atoms with Gasteiger partial charge in [-0.3, -0.25) is 0 Å². The van der Waals surface area contributed by atoms with E-state index in [9.17, 15) is 0 Å². The Morgan fingerprint density at radius 1 is 1.00 bits per heavy atom. The van der Waals surface area contributed by atoms with Crippen molar-refractivity contribution in [1.82, 2.24) is 0 Å². The molecule has 14 heavy (non-hydrogen) atoms. The van der Waals surface area contributed by atoms with Gasteiger partial charge in [-0.25, -0.2) is 0 Å². The molecule has 0 heterocycles. The first-order valence-electron chi connectivity index (χ1n) is 5.12. The van der Waals surface area contributed by atoms with Crippen LogP contribution >= 0.6 is 0 Å². The highest BCUT2D eigenvalue weighted by molar-refractivity contribution is 5.50. The first-order chi connectivity index (χ1) is 6.77. The van der Waals surface area contributed by atoms with Crippen LogP contribution < -0.4 is 0 Å². The maximum atomic E-state index is 2.27. The van der Waals surface area contributed by atoms with Gasteiger partial charge in [0.25, 0.3) is 0 Å². The molecule has 0 nitrogen and oxygen atoms in total. The molecule has 0 radical (unpaired) electrons. The molecular weight excluding hydrogens is 168 g/mol. The Morgan fingerprint density at radius 2 is 1.64 bits per heavy atom. The summed E-state index contributed by atoms with van der Waals surface area (Å²) in [5.41, 5.74) is 3.96. The van der Waals surface area contributed by atoms with Crippen LogP contribution in [-0.2, 0) is 0 Å². The Balaban J connectivity index is 3.05. The van der Waals surface area contributed by atoms with Crippen molar-refractivity contribution in [1.29, 1.82) is 0 Å². The predicted octanol–water partition coefficient (Wildman–Crippen LogP) is 4.34. The van der Waals surface area contributed by atoms with E-state index >= 15 is 0 Å². The lowest BCUT2D eigenvalue weighted by Gasteiger charge is -2.01. The monoisotopic (exact) mass is 186 g/mol. The molecule has 0 aliphatic heterocycles. The van der Waals surface area contributed by atoms with E-state index < -0.39 is 0 Å². The Bertz CT molecular complexity index is 333. The quantitative estimate of drug-likeness (QED) is 0.601. The van der Waals surface area contributed by atoms with Gasteiger partial charge in [-0.15, -0.1) is 0 Å². The van der Waals surface area contributed by atoms with E-state index in [0.717, 1.165) is 6.42 Å². The average Bonchev–Trinajstić information content (AvgIpc) is 2.31. The fourth-order valence-electron chi connectivity index (χ4n) is 1.54. The van der Waals surface area contributed by atoms with Gasteiger partial charge in [0, 0.05) is 0 Å². The molecule has 0 saturated carbocycles. The lowest BCUT2D eigenvalue weighted by Crippen LogP contribution is -1.82. The molecule has 0 N–H and O–H groups in total. The Labute approximate surface area is 87.0 Å². The van der Waals surface area contributed by atoms with E-state index in [4.69, 9.17) is 0 Å². The zero-order valence-electron chi connectivity index (χ0n) is 9.25. The molecule has 0 atom stereocenters. The molecule has 0 fully saturated rings. The molecule has 0 heteroatoms. The fraction of sp³-hybridized carbons (Fsp3) is 0.286. The molecule has 0 spiro atoms. The maximum Gasteiger partial charge on any atom is -0.0154 e. The standard InChI is InChI=1S/C14H18/c1-4-7-13-10-6-9-12(3)11-14(13)8-5-2/h4-5,7-11H,6H2,1-3H3/b7-4-,8-5-. The van der Waals surface area contributed by atoms with Crippen LogP contribution in [0.15, 0.2) is 59.3 Å². The third-order valence-corrected chi connectivity index (χ3v) is 2.19. The van der Waals surface area contributed by atoms with E-state index in [1.807, 2.05) is 0 Å². The number of rotatable bonds is 2. The largest absolute Gasteiger partial charge is 0.0871 e. The SMILES string of the molecule is C/C=C\C1=CCC=C(C)C=C1/C=C\C. The number of allylic oxidation sites excluding steroid dienone is 10. The van der Waals surface area contributed by atoms with Crippen LogP contribution in [0.1, 0.15) is 27.2 Å². The first-order valence-corrected chi connectivity index (χ1v) is 5.12. The fourth-order valence-corrected chi connectivity index (χ4v) is 1.54. The van der Waals surface area contributed by atoms with Gasteiger partial charge in [0.1, 0.15) is 0 Å². The normalized spacial score (nSPS) is 18.1. The van der Waals surface area contributed by atoms with Crippen molar-refractivity contribution < 1.29 is 0 Å². The highest BCUT2D eigenvalue weighted by Gasteiger charge is 2.00. The minimum absolute atomic E-state index is 1.03.